The van der Waals surface area contributed by atoms with Gasteiger partial charge < -0.3 is 5.32 Å². The standard InChI is InChI=1S/C13H9F2N3S/c14-9-3-7(5-16)4-10(15)12(9)18-13-17-11(6-19-13)8-1-2-8/h3-4,6,8H,1-2H2,(H,17,18). The average Bonchev–Trinajstić information content (AvgIpc) is 3.14. The molecule has 1 aromatic heterocycles. The zero-order valence-electron chi connectivity index (χ0n) is 9.78. The molecule has 3 nitrogen and oxygen atoms in total. The Bertz CT molecular complexity index is 648. The number of rotatable bonds is 3. The van der Waals surface area contributed by atoms with Gasteiger partial charge in [-0.15, -0.1) is 11.3 Å². The summed E-state index contributed by atoms with van der Waals surface area (Å²) >= 11 is 1.32. The van der Waals surface area contributed by atoms with Crippen LogP contribution in [0, 0.1) is 23.0 Å². The molecule has 0 saturated heterocycles. The first kappa shape index (κ1) is 12.1. The van der Waals surface area contributed by atoms with Crippen LogP contribution in [-0.4, -0.2) is 4.98 Å². The smallest absolute Gasteiger partial charge is 0.187 e. The van der Waals surface area contributed by atoms with Crippen LogP contribution in [0.3, 0.4) is 0 Å². The molecule has 2 aromatic rings. The quantitative estimate of drug-likeness (QED) is 0.925. The number of anilines is 2. The molecule has 0 amide bonds. The van der Waals surface area contributed by atoms with Crippen LogP contribution in [0.5, 0.6) is 0 Å². The molecule has 1 saturated carbocycles. The lowest BCUT2D eigenvalue weighted by Gasteiger charge is -2.06. The fourth-order valence-corrected chi connectivity index (χ4v) is 2.57. The van der Waals surface area contributed by atoms with Crippen molar-refractivity contribution in [2.24, 2.45) is 0 Å². The van der Waals surface area contributed by atoms with E-state index in [0.29, 0.717) is 11.0 Å². The number of hydrogen-bond acceptors (Lipinski definition) is 4. The summed E-state index contributed by atoms with van der Waals surface area (Å²) in [5.41, 5.74) is 0.663. The van der Waals surface area contributed by atoms with Gasteiger partial charge in [-0.2, -0.15) is 5.26 Å². The fourth-order valence-electron chi connectivity index (χ4n) is 1.77. The Morgan fingerprint density at radius 1 is 1.32 bits per heavy atom. The number of aromatic nitrogens is 1. The summed E-state index contributed by atoms with van der Waals surface area (Å²) in [6, 6.07) is 3.71. The summed E-state index contributed by atoms with van der Waals surface area (Å²) in [6.07, 6.45) is 2.26. The minimum atomic E-state index is -0.792. The van der Waals surface area contributed by atoms with Gasteiger partial charge in [-0.1, -0.05) is 0 Å². The molecule has 1 N–H and O–H groups in total. The van der Waals surface area contributed by atoms with Gasteiger partial charge in [0.05, 0.1) is 17.3 Å². The first-order chi connectivity index (χ1) is 9.17. The second-order valence-corrected chi connectivity index (χ2v) is 5.26. The summed E-state index contributed by atoms with van der Waals surface area (Å²) in [6.45, 7) is 0. The van der Waals surface area contributed by atoms with Gasteiger partial charge in [0.25, 0.3) is 0 Å². The fraction of sp³-hybridized carbons (Fsp3) is 0.231. The van der Waals surface area contributed by atoms with Crippen molar-refractivity contribution in [1.29, 1.82) is 5.26 Å². The largest absolute Gasteiger partial charge is 0.327 e. The van der Waals surface area contributed by atoms with Crippen molar-refractivity contribution in [3.8, 4) is 6.07 Å². The molecule has 0 radical (unpaired) electrons. The minimum absolute atomic E-state index is 0.0432. The average molecular weight is 277 g/mol. The third-order valence-electron chi connectivity index (χ3n) is 2.92. The van der Waals surface area contributed by atoms with Crippen LogP contribution in [0.25, 0.3) is 0 Å². The molecular formula is C13H9F2N3S. The highest BCUT2D eigenvalue weighted by Gasteiger charge is 2.26. The molecular weight excluding hydrogens is 268 g/mol. The van der Waals surface area contributed by atoms with E-state index >= 15 is 0 Å². The second-order valence-electron chi connectivity index (χ2n) is 4.40. The number of hydrogen-bond donors (Lipinski definition) is 1. The van der Waals surface area contributed by atoms with Gasteiger partial charge in [-0.05, 0) is 25.0 Å². The maximum atomic E-state index is 13.7. The Labute approximate surface area is 112 Å². The van der Waals surface area contributed by atoms with E-state index in [9.17, 15) is 8.78 Å². The molecule has 3 rings (SSSR count). The molecule has 19 heavy (non-hydrogen) atoms. The van der Waals surface area contributed by atoms with E-state index in [1.165, 1.54) is 11.3 Å². The van der Waals surface area contributed by atoms with E-state index in [4.69, 9.17) is 5.26 Å². The molecule has 0 spiro atoms. The first-order valence-corrected chi connectivity index (χ1v) is 6.67. The van der Waals surface area contributed by atoms with Crippen molar-refractivity contribution in [1.82, 2.24) is 4.98 Å². The summed E-state index contributed by atoms with van der Waals surface area (Å²) in [7, 11) is 0. The molecule has 96 valence electrons. The molecule has 1 fully saturated rings. The second kappa shape index (κ2) is 4.59. The van der Waals surface area contributed by atoms with Crippen molar-refractivity contribution in [2.75, 3.05) is 5.32 Å². The normalized spacial score (nSPS) is 14.2. The number of benzene rings is 1. The molecule has 6 heteroatoms. The molecule has 0 aliphatic heterocycles. The van der Waals surface area contributed by atoms with Crippen molar-refractivity contribution in [3.05, 3.63) is 40.4 Å². The third-order valence-corrected chi connectivity index (χ3v) is 3.70. The van der Waals surface area contributed by atoms with Gasteiger partial charge >= 0.3 is 0 Å². The lowest BCUT2D eigenvalue weighted by Crippen LogP contribution is -1.98. The number of nitrogens with one attached hydrogen (secondary N) is 1. The third kappa shape index (κ3) is 2.42. The van der Waals surface area contributed by atoms with E-state index in [2.05, 4.69) is 10.3 Å². The Hall–Kier alpha value is -2.00. The van der Waals surface area contributed by atoms with Gasteiger partial charge in [0.1, 0.15) is 5.69 Å². The summed E-state index contributed by atoms with van der Waals surface area (Å²) < 4.78 is 27.4. The Morgan fingerprint density at radius 2 is 2.00 bits per heavy atom. The highest BCUT2D eigenvalue weighted by atomic mass is 32.1. The Balaban J connectivity index is 1.87. The molecule has 1 heterocycles. The molecule has 1 aromatic carbocycles. The number of thiazole rings is 1. The predicted octanol–water partition coefficient (Wildman–Crippen LogP) is 3.91. The summed E-state index contributed by atoms with van der Waals surface area (Å²) in [5.74, 6) is -1.08. The molecule has 0 atom stereocenters. The van der Waals surface area contributed by atoms with Crippen molar-refractivity contribution in [3.63, 3.8) is 0 Å². The van der Waals surface area contributed by atoms with Gasteiger partial charge in [-0.3, -0.25) is 0 Å². The van der Waals surface area contributed by atoms with Crippen LogP contribution in [0.4, 0.5) is 19.6 Å². The minimum Gasteiger partial charge on any atom is -0.327 e. The van der Waals surface area contributed by atoms with Gasteiger partial charge in [-0.25, -0.2) is 13.8 Å². The lowest BCUT2D eigenvalue weighted by molar-refractivity contribution is 0.590. The predicted molar refractivity (Wildman–Crippen MR) is 68.4 cm³/mol. The molecule has 0 bridgehead atoms. The number of nitriles is 1. The van der Waals surface area contributed by atoms with Crippen LogP contribution >= 0.6 is 11.3 Å². The molecule has 1 aliphatic rings. The summed E-state index contributed by atoms with van der Waals surface area (Å²) in [4.78, 5) is 4.30. The van der Waals surface area contributed by atoms with Crippen LogP contribution in [0.2, 0.25) is 0 Å². The van der Waals surface area contributed by atoms with E-state index < -0.39 is 11.6 Å². The van der Waals surface area contributed by atoms with Gasteiger partial charge in [0.2, 0.25) is 0 Å². The highest BCUT2D eigenvalue weighted by molar-refractivity contribution is 7.13. The zero-order valence-corrected chi connectivity index (χ0v) is 10.6. The van der Waals surface area contributed by atoms with E-state index in [-0.39, 0.29) is 11.3 Å². The first-order valence-electron chi connectivity index (χ1n) is 5.79. The summed E-state index contributed by atoms with van der Waals surface area (Å²) in [5, 5.41) is 13.6. The van der Waals surface area contributed by atoms with Crippen LogP contribution in [0.1, 0.15) is 30.0 Å². The maximum Gasteiger partial charge on any atom is 0.187 e. The van der Waals surface area contributed by atoms with Gasteiger partial charge in [0, 0.05) is 11.3 Å². The monoisotopic (exact) mass is 277 g/mol. The SMILES string of the molecule is N#Cc1cc(F)c(Nc2nc(C3CC3)cs2)c(F)c1. The van der Waals surface area contributed by atoms with E-state index in [1.807, 2.05) is 5.38 Å². The number of halogens is 2. The topological polar surface area (TPSA) is 48.7 Å². The van der Waals surface area contributed by atoms with Crippen LogP contribution in [0.15, 0.2) is 17.5 Å². The Morgan fingerprint density at radius 3 is 2.58 bits per heavy atom. The maximum absolute atomic E-state index is 13.7. The highest BCUT2D eigenvalue weighted by Crippen LogP contribution is 2.41. The van der Waals surface area contributed by atoms with Crippen molar-refractivity contribution in [2.45, 2.75) is 18.8 Å². The molecule has 1 aliphatic carbocycles. The van der Waals surface area contributed by atoms with E-state index in [1.54, 1.807) is 6.07 Å². The molecule has 0 unspecified atom stereocenters. The van der Waals surface area contributed by atoms with E-state index in [0.717, 1.165) is 30.7 Å². The Kier molecular flexibility index (Phi) is 2.91. The van der Waals surface area contributed by atoms with Crippen molar-refractivity contribution < 1.29 is 8.78 Å². The van der Waals surface area contributed by atoms with Crippen molar-refractivity contribution >= 4 is 22.2 Å². The number of nitrogens with zero attached hydrogens (tertiary/aromatic N) is 2. The van der Waals surface area contributed by atoms with Crippen LogP contribution in [-0.2, 0) is 0 Å². The van der Waals surface area contributed by atoms with Crippen LogP contribution < -0.4 is 5.32 Å². The lowest BCUT2D eigenvalue weighted by atomic mass is 10.2. The van der Waals surface area contributed by atoms with Gasteiger partial charge in [0.15, 0.2) is 16.8 Å². The zero-order chi connectivity index (χ0) is 13.4.